The summed E-state index contributed by atoms with van der Waals surface area (Å²) in [6.07, 6.45) is 3.05. The molecule has 20 heavy (non-hydrogen) atoms. The molecule has 0 spiro atoms. The van der Waals surface area contributed by atoms with Crippen LogP contribution < -0.4 is 20.9 Å². The number of urea groups is 1. The van der Waals surface area contributed by atoms with Gasteiger partial charge in [-0.3, -0.25) is 14.9 Å². The average Bonchev–Trinajstić information content (AvgIpc) is 2.25. The first kappa shape index (κ1) is 15.6. The zero-order chi connectivity index (χ0) is 15.3. The number of hydrogen-bond acceptors (Lipinski definition) is 3. The number of rotatable bonds is 3. The molecule has 7 heteroatoms. The van der Waals surface area contributed by atoms with Gasteiger partial charge in [-0.05, 0) is 26.8 Å². The van der Waals surface area contributed by atoms with Crippen molar-refractivity contribution in [2.75, 3.05) is 0 Å². The minimum absolute atomic E-state index is 0.0846. The Morgan fingerprint density at radius 2 is 1.95 bits per heavy atom. The minimum atomic E-state index is -0.578. The fourth-order valence-corrected chi connectivity index (χ4v) is 1.47. The summed E-state index contributed by atoms with van der Waals surface area (Å²) in [5.41, 5.74) is 5.01. The van der Waals surface area contributed by atoms with Crippen molar-refractivity contribution < 1.29 is 19.0 Å². The lowest BCUT2D eigenvalue weighted by molar-refractivity contribution is -0.684. The molecule has 1 rings (SSSR count). The third-order valence-electron chi connectivity index (χ3n) is 2.21. The van der Waals surface area contributed by atoms with Crippen molar-refractivity contribution >= 4 is 17.8 Å². The van der Waals surface area contributed by atoms with Gasteiger partial charge in [0.05, 0.1) is 0 Å². The largest absolute Gasteiger partial charge is 0.365 e. The lowest BCUT2D eigenvalue weighted by atomic mass is 10.1. The van der Waals surface area contributed by atoms with E-state index < -0.39 is 23.4 Å². The van der Waals surface area contributed by atoms with E-state index in [2.05, 4.69) is 10.6 Å². The summed E-state index contributed by atoms with van der Waals surface area (Å²) in [6.45, 7) is 5.34. The van der Waals surface area contributed by atoms with E-state index in [4.69, 9.17) is 5.73 Å². The molecular formula is C13H19N4O3+. The van der Waals surface area contributed by atoms with Gasteiger partial charge in [0.2, 0.25) is 6.54 Å². The highest BCUT2D eigenvalue weighted by atomic mass is 16.2. The van der Waals surface area contributed by atoms with Crippen molar-refractivity contribution in [3.63, 3.8) is 0 Å². The van der Waals surface area contributed by atoms with Crippen LogP contribution >= 0.6 is 0 Å². The number of nitrogens with zero attached hydrogens (tertiary/aromatic N) is 1. The first-order valence-electron chi connectivity index (χ1n) is 6.08. The van der Waals surface area contributed by atoms with Gasteiger partial charge in [0.15, 0.2) is 12.4 Å². The standard InChI is InChI=1S/C13H18N4O3/c1-13(2,3)16-12(20)15-10(18)8-17-6-4-5-9(7-17)11(14)19/h4-7H,8H2,1-3H3,(H3-,14,15,16,18,19,20)/p+1. The van der Waals surface area contributed by atoms with Gasteiger partial charge in [-0.15, -0.1) is 0 Å². The molecule has 7 nitrogen and oxygen atoms in total. The van der Waals surface area contributed by atoms with Crippen LogP contribution in [0.2, 0.25) is 0 Å². The molecule has 0 saturated carbocycles. The Bertz CT molecular complexity index is 535. The molecule has 4 amide bonds. The van der Waals surface area contributed by atoms with E-state index in [1.165, 1.54) is 10.8 Å². The summed E-state index contributed by atoms with van der Waals surface area (Å²) in [6, 6.07) is 2.58. The summed E-state index contributed by atoms with van der Waals surface area (Å²) in [7, 11) is 0. The van der Waals surface area contributed by atoms with Crippen molar-refractivity contribution in [2.24, 2.45) is 5.73 Å². The quantitative estimate of drug-likeness (QED) is 0.661. The van der Waals surface area contributed by atoms with Crippen LogP contribution in [0.1, 0.15) is 31.1 Å². The van der Waals surface area contributed by atoms with E-state index in [1.54, 1.807) is 18.3 Å². The first-order valence-corrected chi connectivity index (χ1v) is 6.08. The van der Waals surface area contributed by atoms with E-state index in [0.717, 1.165) is 0 Å². The van der Waals surface area contributed by atoms with Gasteiger partial charge in [-0.25, -0.2) is 4.79 Å². The highest BCUT2D eigenvalue weighted by Crippen LogP contribution is 1.97. The molecule has 4 N–H and O–H groups in total. The number of hydrogen-bond donors (Lipinski definition) is 3. The molecule has 0 radical (unpaired) electrons. The third-order valence-corrected chi connectivity index (χ3v) is 2.21. The summed E-state index contributed by atoms with van der Waals surface area (Å²) < 4.78 is 1.47. The molecule has 0 fully saturated rings. The highest BCUT2D eigenvalue weighted by molar-refractivity contribution is 5.94. The van der Waals surface area contributed by atoms with Crippen LogP contribution in [0.4, 0.5) is 4.79 Å². The zero-order valence-electron chi connectivity index (χ0n) is 11.8. The molecule has 0 unspecified atom stereocenters. The molecule has 0 aliphatic heterocycles. The zero-order valence-corrected chi connectivity index (χ0v) is 11.8. The minimum Gasteiger partial charge on any atom is -0.365 e. The van der Waals surface area contributed by atoms with Gasteiger partial charge in [0, 0.05) is 11.6 Å². The number of nitrogens with one attached hydrogen (secondary N) is 2. The molecule has 108 valence electrons. The van der Waals surface area contributed by atoms with Crippen LogP contribution in [-0.2, 0) is 11.3 Å². The number of amides is 4. The van der Waals surface area contributed by atoms with Gasteiger partial charge in [0.25, 0.3) is 11.8 Å². The molecule has 0 aliphatic carbocycles. The molecule has 0 saturated heterocycles. The Morgan fingerprint density at radius 1 is 1.30 bits per heavy atom. The van der Waals surface area contributed by atoms with Crippen LogP contribution in [0.5, 0.6) is 0 Å². The topological polar surface area (TPSA) is 105 Å². The maximum atomic E-state index is 11.7. The molecule has 0 aliphatic rings. The summed E-state index contributed by atoms with van der Waals surface area (Å²) in [4.78, 5) is 34.2. The Balaban J connectivity index is 2.61. The van der Waals surface area contributed by atoms with E-state index in [1.807, 2.05) is 20.8 Å². The van der Waals surface area contributed by atoms with Crippen molar-refractivity contribution in [1.29, 1.82) is 0 Å². The van der Waals surface area contributed by atoms with Crippen molar-refractivity contribution in [2.45, 2.75) is 32.9 Å². The number of carbonyl (C=O) groups is 3. The molecular weight excluding hydrogens is 260 g/mol. The van der Waals surface area contributed by atoms with Gasteiger partial charge in [0.1, 0.15) is 5.56 Å². The predicted octanol–water partition coefficient (Wildman–Crippen LogP) is -0.303. The third kappa shape index (κ3) is 5.47. The normalized spacial score (nSPS) is 10.8. The van der Waals surface area contributed by atoms with Crippen LogP contribution in [0, 0.1) is 0 Å². The van der Waals surface area contributed by atoms with Gasteiger partial charge < -0.3 is 11.1 Å². The fraction of sp³-hybridized carbons (Fsp3) is 0.385. The predicted molar refractivity (Wildman–Crippen MR) is 71.6 cm³/mol. The number of pyridine rings is 1. The number of imide groups is 1. The Kier molecular flexibility index (Phi) is 4.79. The van der Waals surface area contributed by atoms with Gasteiger partial charge in [-0.1, -0.05) is 0 Å². The second-order valence-corrected chi connectivity index (χ2v) is 5.38. The van der Waals surface area contributed by atoms with E-state index in [9.17, 15) is 14.4 Å². The van der Waals surface area contributed by atoms with E-state index >= 15 is 0 Å². The smallest absolute Gasteiger partial charge is 0.322 e. The van der Waals surface area contributed by atoms with Crippen LogP contribution in [0.15, 0.2) is 24.5 Å². The Hall–Kier alpha value is -2.44. The molecule has 1 aromatic heterocycles. The van der Waals surface area contributed by atoms with Crippen LogP contribution in [-0.4, -0.2) is 23.4 Å². The van der Waals surface area contributed by atoms with Gasteiger partial charge >= 0.3 is 6.03 Å². The SMILES string of the molecule is CC(C)(C)NC(=O)NC(=O)C[n+]1cccc(C(N)=O)c1. The van der Waals surface area contributed by atoms with Crippen molar-refractivity contribution in [1.82, 2.24) is 10.6 Å². The Labute approximate surface area is 117 Å². The highest BCUT2D eigenvalue weighted by Gasteiger charge is 2.18. The second-order valence-electron chi connectivity index (χ2n) is 5.38. The lowest BCUT2D eigenvalue weighted by Gasteiger charge is -2.19. The molecule has 1 aromatic rings. The number of nitrogens with two attached hydrogens (primary N) is 1. The second kappa shape index (κ2) is 6.14. The van der Waals surface area contributed by atoms with Crippen LogP contribution in [0.3, 0.4) is 0 Å². The molecule has 0 aromatic carbocycles. The lowest BCUT2D eigenvalue weighted by Crippen LogP contribution is -2.51. The molecule has 1 heterocycles. The van der Waals surface area contributed by atoms with Crippen molar-refractivity contribution in [3.05, 3.63) is 30.1 Å². The van der Waals surface area contributed by atoms with E-state index in [-0.39, 0.29) is 6.54 Å². The maximum Gasteiger partial charge on any atom is 0.322 e. The fourth-order valence-electron chi connectivity index (χ4n) is 1.47. The summed E-state index contributed by atoms with van der Waals surface area (Å²) >= 11 is 0. The van der Waals surface area contributed by atoms with Gasteiger partial charge in [-0.2, -0.15) is 4.57 Å². The first-order chi connectivity index (χ1) is 9.17. The maximum absolute atomic E-state index is 11.7. The van der Waals surface area contributed by atoms with Crippen LogP contribution in [0.25, 0.3) is 0 Å². The summed E-state index contributed by atoms with van der Waals surface area (Å²) in [5.74, 6) is -1.07. The monoisotopic (exact) mass is 279 g/mol. The van der Waals surface area contributed by atoms with E-state index in [0.29, 0.717) is 5.56 Å². The molecule has 0 bridgehead atoms. The molecule has 0 atom stereocenters. The summed E-state index contributed by atoms with van der Waals surface area (Å²) in [5, 5.41) is 4.82. The number of aromatic nitrogens is 1. The van der Waals surface area contributed by atoms with Crippen molar-refractivity contribution in [3.8, 4) is 0 Å². The number of carbonyl (C=O) groups excluding carboxylic acids is 3. The Morgan fingerprint density at radius 3 is 2.50 bits per heavy atom. The number of primary amides is 1. The average molecular weight is 279 g/mol.